The van der Waals surface area contributed by atoms with E-state index < -0.39 is 47.3 Å². The summed E-state index contributed by atoms with van der Waals surface area (Å²) in [6, 6.07) is 8.93. The fourth-order valence-electron chi connectivity index (χ4n) is 7.48. The number of aldehydes is 1. The predicted octanol–water partition coefficient (Wildman–Crippen LogP) is 4.34. The monoisotopic (exact) mass is 987 g/mol. The van der Waals surface area contributed by atoms with Crippen molar-refractivity contribution in [2.24, 2.45) is 4.99 Å². The second-order valence-electron chi connectivity index (χ2n) is 14.3. The van der Waals surface area contributed by atoms with Crippen LogP contribution < -0.4 is 0 Å². The van der Waals surface area contributed by atoms with Crippen LogP contribution in [0.15, 0.2) is 46.5 Å². The maximum atomic E-state index is 14.0. The molecule has 2 aromatic heterocycles. The Hall–Kier alpha value is -6.12. The van der Waals surface area contributed by atoms with E-state index in [1.165, 1.54) is 42.7 Å². The lowest BCUT2D eigenvalue weighted by Crippen LogP contribution is -2.36. The predicted molar refractivity (Wildman–Crippen MR) is 231 cm³/mol. The van der Waals surface area contributed by atoms with Gasteiger partial charge in [-0.3, -0.25) is 38.6 Å². The molecule has 19 heteroatoms. The number of carbonyl (C=O) groups is 8. The molecule has 1 unspecified atom stereocenters. The molecule has 0 bridgehead atoms. The lowest BCUT2D eigenvalue weighted by molar-refractivity contribution is -0.141. The van der Waals surface area contributed by atoms with Crippen LogP contribution in [0.2, 0.25) is 0 Å². The van der Waals surface area contributed by atoms with Crippen LogP contribution in [-0.2, 0) is 107 Å². The van der Waals surface area contributed by atoms with Gasteiger partial charge in [0, 0.05) is 43.5 Å². The highest BCUT2D eigenvalue weighted by molar-refractivity contribution is 14.1. The fourth-order valence-corrected chi connectivity index (χ4v) is 8.54. The summed E-state index contributed by atoms with van der Waals surface area (Å²) in [5.74, 6) is -4.48. The first kappa shape index (κ1) is 49.5. The molecule has 2 N–H and O–H groups in total. The van der Waals surface area contributed by atoms with Gasteiger partial charge in [-0.1, -0.05) is 30.3 Å². The number of halogens is 1. The Morgan fingerprint density at radius 1 is 0.619 bits per heavy atom. The van der Waals surface area contributed by atoms with Crippen LogP contribution in [0, 0.1) is 0 Å². The molecule has 338 valence electrons. The van der Waals surface area contributed by atoms with E-state index in [0.29, 0.717) is 43.5 Å². The van der Waals surface area contributed by atoms with E-state index >= 15 is 0 Å². The summed E-state index contributed by atoms with van der Waals surface area (Å²) >= 11 is 2.00. The molecule has 4 rings (SSSR count). The number of nitrogens with zero attached hydrogens (tertiary/aromatic N) is 1. The maximum absolute atomic E-state index is 14.0. The molecule has 0 amide bonds. The van der Waals surface area contributed by atoms with Crippen LogP contribution in [0.5, 0.6) is 0 Å². The lowest BCUT2D eigenvalue weighted by atomic mass is 9.77. The third-order valence-electron chi connectivity index (χ3n) is 10.7. The first-order valence-electron chi connectivity index (χ1n) is 19.7. The molecular weight excluding hydrogens is 937 g/mol. The molecule has 0 radical (unpaired) electrons. The van der Waals surface area contributed by atoms with Gasteiger partial charge < -0.3 is 43.1 Å². The van der Waals surface area contributed by atoms with Gasteiger partial charge in [0.2, 0.25) is 0 Å². The van der Waals surface area contributed by atoms with Crippen LogP contribution >= 0.6 is 22.6 Å². The highest BCUT2D eigenvalue weighted by atomic mass is 127. The van der Waals surface area contributed by atoms with Crippen molar-refractivity contribution in [3.8, 4) is 0 Å². The van der Waals surface area contributed by atoms with Gasteiger partial charge in [0.15, 0.2) is 6.29 Å². The first-order chi connectivity index (χ1) is 30.2. The van der Waals surface area contributed by atoms with Crippen LogP contribution in [0.4, 0.5) is 0 Å². The Labute approximate surface area is 376 Å². The Morgan fingerprint density at radius 3 is 1.62 bits per heavy atom. The van der Waals surface area contributed by atoms with Crippen molar-refractivity contribution in [3.05, 3.63) is 92.1 Å². The summed E-state index contributed by atoms with van der Waals surface area (Å²) in [5.41, 5.74) is 1.94. The van der Waals surface area contributed by atoms with Gasteiger partial charge in [0.05, 0.1) is 76.9 Å². The van der Waals surface area contributed by atoms with E-state index in [-0.39, 0.29) is 105 Å². The number of nitrogens with one attached hydrogen (secondary N) is 2. The third kappa shape index (κ3) is 12.7. The Bertz CT molecular complexity index is 2270. The number of aromatic amines is 2. The summed E-state index contributed by atoms with van der Waals surface area (Å²) in [4.78, 5) is 115. The summed E-state index contributed by atoms with van der Waals surface area (Å²) in [6.07, 6.45) is -1.24. The van der Waals surface area contributed by atoms with Crippen molar-refractivity contribution in [1.82, 2.24) is 9.97 Å². The van der Waals surface area contributed by atoms with E-state index in [2.05, 4.69) is 9.97 Å². The van der Waals surface area contributed by atoms with Crippen molar-refractivity contribution in [3.63, 3.8) is 0 Å². The summed E-state index contributed by atoms with van der Waals surface area (Å²) in [7, 11) is 7.30. The Morgan fingerprint density at radius 2 is 1.10 bits per heavy atom. The summed E-state index contributed by atoms with van der Waals surface area (Å²) < 4.78 is 36.1. The molecule has 0 saturated heterocycles. The number of benzene rings is 1. The largest absolute Gasteiger partial charge is 0.469 e. The molecule has 3 aromatic rings. The van der Waals surface area contributed by atoms with Gasteiger partial charge in [-0.2, -0.15) is 0 Å². The number of H-pyrrole nitrogens is 2. The van der Waals surface area contributed by atoms with Crippen LogP contribution in [-0.4, -0.2) is 110 Å². The zero-order valence-electron chi connectivity index (χ0n) is 35.9. The number of methoxy groups -OCH3 is 6. The van der Waals surface area contributed by atoms with Gasteiger partial charge in [0.25, 0.3) is 0 Å². The second kappa shape index (κ2) is 23.4. The topological polar surface area (TPSA) is 245 Å². The number of hydrogen-bond acceptors (Lipinski definition) is 16. The van der Waals surface area contributed by atoms with E-state index in [4.69, 9.17) is 38.2 Å². The highest BCUT2D eigenvalue weighted by Gasteiger charge is 2.45. The highest BCUT2D eigenvalue weighted by Crippen LogP contribution is 2.45. The van der Waals surface area contributed by atoms with Gasteiger partial charge in [-0.25, -0.2) is 4.79 Å². The van der Waals surface area contributed by atoms with Crippen molar-refractivity contribution in [2.75, 3.05) is 42.7 Å². The summed E-state index contributed by atoms with van der Waals surface area (Å²) in [6.45, 7) is -0.105. The zero-order chi connectivity index (χ0) is 46.3. The lowest BCUT2D eigenvalue weighted by Gasteiger charge is -2.31. The van der Waals surface area contributed by atoms with Gasteiger partial charge in [-0.05, 0) is 80.8 Å². The molecule has 1 aliphatic heterocycles. The molecule has 0 fully saturated rings. The first-order valence-corrected chi connectivity index (χ1v) is 20.8. The normalized spacial score (nSPS) is 14.4. The SMILES string of the molecule is COC(=O)CCC1=C(CC(=O)OC)C(Cc2[nH]c(C=O)c(CCC(=O)OC)c2CC(=O)OC)(Cc2[nH]c(C(=O)OCc3ccccc3)c(CCC(=O)OC)c2CC(=O)OC)N=C1I. The molecule has 0 spiro atoms. The molecule has 0 saturated carbocycles. The number of aromatic nitrogens is 2. The van der Waals surface area contributed by atoms with Gasteiger partial charge in [0.1, 0.15) is 12.3 Å². The van der Waals surface area contributed by atoms with Crippen LogP contribution in [0.25, 0.3) is 0 Å². The number of rotatable bonds is 23. The molecule has 63 heavy (non-hydrogen) atoms. The third-order valence-corrected chi connectivity index (χ3v) is 11.6. The van der Waals surface area contributed by atoms with Crippen molar-refractivity contribution in [2.45, 2.75) is 82.8 Å². The van der Waals surface area contributed by atoms with E-state index in [1.54, 1.807) is 24.3 Å². The average Bonchev–Trinajstić information content (AvgIpc) is 3.89. The van der Waals surface area contributed by atoms with Crippen molar-refractivity contribution in [1.29, 1.82) is 0 Å². The minimum absolute atomic E-state index is 0.00449. The number of aliphatic imine (C=N–C) groups is 1. The van der Waals surface area contributed by atoms with E-state index in [1.807, 2.05) is 28.7 Å². The number of carbonyl (C=O) groups excluding carboxylic acids is 8. The average molecular weight is 988 g/mol. The summed E-state index contributed by atoms with van der Waals surface area (Å²) in [5, 5.41) is 0. The molecule has 1 aliphatic rings. The standard InChI is InChI=1S/C44H50IN3O15/c1-57-35(50)15-12-26-29(18-38(53)60-4)32(46-34(26)23-49)21-44(31(20-40(55)62-6)28(42(45)48-44)14-17-37(52)59-3)22-33-30(19-39(54)61-5)27(13-16-36(51)58-2)41(47-33)43(56)63-24-25-10-8-7-9-11-25/h7-11,23,46-47H,12-22,24H2,1-6H3. The number of hydrogen-bond donors (Lipinski definition) is 2. The van der Waals surface area contributed by atoms with Crippen molar-refractivity contribution < 1.29 is 71.5 Å². The van der Waals surface area contributed by atoms with Crippen molar-refractivity contribution >= 4 is 74.4 Å². The fraction of sp³-hybridized carbons (Fsp3) is 0.432. The molecule has 0 aliphatic carbocycles. The number of allylic oxidation sites excluding steroid dienone is 1. The maximum Gasteiger partial charge on any atom is 0.355 e. The minimum atomic E-state index is -1.54. The molecule has 1 atom stereocenters. The number of esters is 7. The molecular formula is C44H50IN3O15. The smallest absolute Gasteiger partial charge is 0.355 e. The number of ether oxygens (including phenoxy) is 7. The van der Waals surface area contributed by atoms with Gasteiger partial charge >= 0.3 is 41.8 Å². The minimum Gasteiger partial charge on any atom is -0.469 e. The van der Waals surface area contributed by atoms with Crippen LogP contribution in [0.1, 0.15) is 92.3 Å². The molecule has 3 heterocycles. The zero-order valence-corrected chi connectivity index (χ0v) is 38.1. The molecule has 18 nitrogen and oxygen atoms in total. The van der Waals surface area contributed by atoms with E-state index in [9.17, 15) is 38.4 Å². The second-order valence-corrected chi connectivity index (χ2v) is 15.3. The van der Waals surface area contributed by atoms with Gasteiger partial charge in [-0.15, -0.1) is 0 Å². The Kier molecular flexibility index (Phi) is 18.4. The molecule has 1 aromatic carbocycles. The van der Waals surface area contributed by atoms with Crippen LogP contribution in [0.3, 0.4) is 0 Å². The Balaban J connectivity index is 2.06. The quantitative estimate of drug-likeness (QED) is 0.0581. The van der Waals surface area contributed by atoms with E-state index in [0.717, 1.165) is 0 Å².